The monoisotopic (exact) mass is 501 g/mol. The quantitative estimate of drug-likeness (QED) is 0.337. The predicted octanol–water partition coefficient (Wildman–Crippen LogP) is 3.70. The topological polar surface area (TPSA) is 97.3 Å². The van der Waals surface area contributed by atoms with Gasteiger partial charge in [-0.3, -0.25) is 4.79 Å². The first-order chi connectivity index (χ1) is 16.3. The highest BCUT2D eigenvalue weighted by Gasteiger charge is 2.28. The van der Waals surface area contributed by atoms with Crippen LogP contribution in [0, 0.1) is 0 Å². The molecule has 3 rings (SSSR count). The van der Waals surface area contributed by atoms with Gasteiger partial charge in [-0.2, -0.15) is 9.41 Å². The van der Waals surface area contributed by atoms with Crippen molar-refractivity contribution in [3.05, 3.63) is 88.9 Å². The van der Waals surface area contributed by atoms with E-state index in [-0.39, 0.29) is 17.2 Å². The first-order valence-electron chi connectivity index (χ1n) is 10.2. The molecule has 1 amide bonds. The lowest BCUT2D eigenvalue weighted by Gasteiger charge is -2.22. The van der Waals surface area contributed by atoms with Gasteiger partial charge < -0.3 is 9.47 Å². The van der Waals surface area contributed by atoms with Crippen LogP contribution in [0.3, 0.4) is 0 Å². The molecule has 0 aliphatic carbocycles. The number of hydrogen-bond acceptors (Lipinski definition) is 6. The van der Waals surface area contributed by atoms with Crippen molar-refractivity contribution < 1.29 is 22.7 Å². The third kappa shape index (κ3) is 6.34. The van der Waals surface area contributed by atoms with Crippen LogP contribution in [-0.2, 0) is 21.4 Å². The van der Waals surface area contributed by atoms with Crippen molar-refractivity contribution in [1.82, 2.24) is 9.73 Å². The summed E-state index contributed by atoms with van der Waals surface area (Å²) in [7, 11) is -1.20. The number of methoxy groups -OCH3 is 2. The zero-order valence-corrected chi connectivity index (χ0v) is 20.2. The summed E-state index contributed by atoms with van der Waals surface area (Å²) in [5.41, 5.74) is 3.70. The first-order valence-corrected chi connectivity index (χ1v) is 12.0. The summed E-state index contributed by atoms with van der Waals surface area (Å²) >= 11 is 6.08. The number of ether oxygens (including phenoxy) is 2. The Morgan fingerprint density at radius 3 is 2.35 bits per heavy atom. The fraction of sp³-hybridized carbons (Fsp3) is 0.167. The van der Waals surface area contributed by atoms with E-state index in [0.717, 1.165) is 9.87 Å². The molecule has 0 atom stereocenters. The second-order valence-electron chi connectivity index (χ2n) is 7.09. The number of hydrogen-bond donors (Lipinski definition) is 1. The lowest BCUT2D eigenvalue weighted by molar-refractivity contribution is -0.121. The summed E-state index contributed by atoms with van der Waals surface area (Å²) in [4.78, 5) is 12.6. The maximum absolute atomic E-state index is 13.5. The molecule has 178 valence electrons. The van der Waals surface area contributed by atoms with Crippen LogP contribution in [-0.4, -0.2) is 45.6 Å². The number of carbonyl (C=O) groups is 1. The van der Waals surface area contributed by atoms with Crippen molar-refractivity contribution in [2.75, 3.05) is 20.8 Å². The number of benzene rings is 3. The Morgan fingerprint density at radius 2 is 1.68 bits per heavy atom. The molecule has 0 aliphatic heterocycles. The van der Waals surface area contributed by atoms with Crippen molar-refractivity contribution in [2.24, 2.45) is 5.10 Å². The number of nitrogens with zero attached hydrogens (tertiary/aromatic N) is 2. The molecule has 0 radical (unpaired) electrons. The molecule has 0 heterocycles. The van der Waals surface area contributed by atoms with E-state index in [1.165, 1.54) is 38.6 Å². The SMILES string of the molecule is COc1ccc(S(=O)(=O)N(CC(=O)N/N=C/c2ccccc2Cl)Cc2ccccc2)cc1OC. The lowest BCUT2D eigenvalue weighted by Crippen LogP contribution is -2.39. The van der Waals surface area contributed by atoms with Crippen LogP contribution in [0.2, 0.25) is 5.02 Å². The standard InChI is InChI=1S/C24H24ClN3O5S/c1-32-22-13-12-20(14-23(22)33-2)34(30,31)28(16-18-8-4-3-5-9-18)17-24(29)27-26-15-19-10-6-7-11-21(19)25/h3-15H,16-17H2,1-2H3,(H,27,29)/b26-15+. The second kappa shape index (κ2) is 11.6. The highest BCUT2D eigenvalue weighted by Crippen LogP contribution is 2.31. The minimum atomic E-state index is -4.07. The van der Waals surface area contributed by atoms with Crippen molar-refractivity contribution in [3.8, 4) is 11.5 Å². The number of nitrogens with one attached hydrogen (secondary N) is 1. The highest BCUT2D eigenvalue weighted by atomic mass is 35.5. The molecule has 1 N–H and O–H groups in total. The average molecular weight is 502 g/mol. The molecule has 0 unspecified atom stereocenters. The Kier molecular flexibility index (Phi) is 8.64. The van der Waals surface area contributed by atoms with E-state index in [4.69, 9.17) is 21.1 Å². The molecule has 8 nitrogen and oxygen atoms in total. The number of hydrazone groups is 1. The van der Waals surface area contributed by atoms with Crippen molar-refractivity contribution in [1.29, 1.82) is 0 Å². The Bertz CT molecular complexity index is 1270. The average Bonchev–Trinajstić information content (AvgIpc) is 2.85. The maximum atomic E-state index is 13.5. The smallest absolute Gasteiger partial charge is 0.255 e. The van der Waals surface area contributed by atoms with E-state index < -0.39 is 22.5 Å². The van der Waals surface area contributed by atoms with Gasteiger partial charge in [0.25, 0.3) is 5.91 Å². The molecular weight excluding hydrogens is 478 g/mol. The number of amides is 1. The van der Waals surface area contributed by atoms with Crippen LogP contribution in [0.25, 0.3) is 0 Å². The third-order valence-electron chi connectivity index (χ3n) is 4.81. The van der Waals surface area contributed by atoms with E-state index >= 15 is 0 Å². The van der Waals surface area contributed by atoms with Gasteiger partial charge in [0.15, 0.2) is 11.5 Å². The molecule has 0 saturated carbocycles. The summed E-state index contributed by atoms with van der Waals surface area (Å²) < 4.78 is 38.5. The summed E-state index contributed by atoms with van der Waals surface area (Å²) in [6, 6.07) is 20.2. The molecule has 0 aromatic heterocycles. The van der Waals surface area contributed by atoms with Crippen LogP contribution in [0.1, 0.15) is 11.1 Å². The predicted molar refractivity (Wildman–Crippen MR) is 131 cm³/mol. The minimum Gasteiger partial charge on any atom is -0.493 e. The summed E-state index contributed by atoms with van der Waals surface area (Å²) in [5.74, 6) is 0.0445. The zero-order chi connectivity index (χ0) is 24.6. The van der Waals surface area contributed by atoms with Gasteiger partial charge in [0.05, 0.1) is 31.9 Å². The normalized spacial score (nSPS) is 11.5. The minimum absolute atomic E-state index is 0.0147. The molecular formula is C24H24ClN3O5S. The van der Waals surface area contributed by atoms with Gasteiger partial charge in [-0.15, -0.1) is 0 Å². The van der Waals surface area contributed by atoms with E-state index in [9.17, 15) is 13.2 Å². The second-order valence-corrected chi connectivity index (χ2v) is 9.44. The fourth-order valence-corrected chi connectivity index (χ4v) is 4.67. The Balaban J connectivity index is 1.84. The molecule has 0 aliphatic rings. The van der Waals surface area contributed by atoms with E-state index in [2.05, 4.69) is 10.5 Å². The Morgan fingerprint density at radius 1 is 1.00 bits per heavy atom. The van der Waals surface area contributed by atoms with E-state index in [0.29, 0.717) is 16.3 Å². The van der Waals surface area contributed by atoms with Crippen LogP contribution >= 0.6 is 11.6 Å². The van der Waals surface area contributed by atoms with Crippen LogP contribution in [0.4, 0.5) is 0 Å². The largest absolute Gasteiger partial charge is 0.493 e. The van der Waals surface area contributed by atoms with Gasteiger partial charge in [0.2, 0.25) is 10.0 Å². The maximum Gasteiger partial charge on any atom is 0.255 e. The van der Waals surface area contributed by atoms with Gasteiger partial charge in [-0.05, 0) is 23.8 Å². The first kappa shape index (κ1) is 25.2. The van der Waals surface area contributed by atoms with Crippen LogP contribution in [0.5, 0.6) is 11.5 Å². The fourth-order valence-electron chi connectivity index (χ4n) is 3.09. The molecule has 0 fully saturated rings. The molecule has 0 saturated heterocycles. The van der Waals surface area contributed by atoms with Crippen molar-refractivity contribution in [3.63, 3.8) is 0 Å². The zero-order valence-electron chi connectivity index (χ0n) is 18.6. The van der Waals surface area contributed by atoms with Gasteiger partial charge in [0, 0.05) is 23.2 Å². The number of carbonyl (C=O) groups excluding carboxylic acids is 1. The lowest BCUT2D eigenvalue weighted by atomic mass is 10.2. The van der Waals surface area contributed by atoms with E-state index in [1.807, 2.05) is 6.07 Å². The number of halogens is 1. The van der Waals surface area contributed by atoms with Gasteiger partial charge >= 0.3 is 0 Å². The summed E-state index contributed by atoms with van der Waals surface area (Å²) in [6.07, 6.45) is 1.39. The molecule has 10 heteroatoms. The van der Waals surface area contributed by atoms with Crippen LogP contribution in [0.15, 0.2) is 82.8 Å². The number of rotatable bonds is 10. The molecule has 0 bridgehead atoms. The van der Waals surface area contributed by atoms with Gasteiger partial charge in [-0.25, -0.2) is 13.8 Å². The summed E-state index contributed by atoms with van der Waals surface area (Å²) in [6.45, 7) is -0.468. The molecule has 0 spiro atoms. The Hall–Kier alpha value is -3.40. The van der Waals surface area contributed by atoms with Crippen LogP contribution < -0.4 is 14.9 Å². The van der Waals surface area contributed by atoms with E-state index in [1.54, 1.807) is 48.5 Å². The summed E-state index contributed by atoms with van der Waals surface area (Å²) in [5, 5.41) is 4.37. The van der Waals surface area contributed by atoms with Gasteiger partial charge in [-0.1, -0.05) is 60.1 Å². The van der Waals surface area contributed by atoms with Crippen molar-refractivity contribution >= 4 is 33.7 Å². The molecule has 3 aromatic rings. The Labute approximate surface area is 203 Å². The number of sulfonamides is 1. The molecule has 34 heavy (non-hydrogen) atoms. The highest BCUT2D eigenvalue weighted by molar-refractivity contribution is 7.89. The molecule has 3 aromatic carbocycles. The van der Waals surface area contributed by atoms with Gasteiger partial charge in [0.1, 0.15) is 0 Å². The van der Waals surface area contributed by atoms with Crippen molar-refractivity contribution in [2.45, 2.75) is 11.4 Å². The third-order valence-corrected chi connectivity index (χ3v) is 6.94.